The van der Waals surface area contributed by atoms with Crippen molar-refractivity contribution in [1.29, 1.82) is 0 Å². The number of aliphatic hydroxyl groups excluding tert-OH is 1. The molecule has 0 saturated carbocycles. The van der Waals surface area contributed by atoms with Crippen LogP contribution in [0, 0.1) is 0 Å². The summed E-state index contributed by atoms with van der Waals surface area (Å²) in [7, 11) is 0. The van der Waals surface area contributed by atoms with Gasteiger partial charge in [-0.1, -0.05) is 0 Å². The largest absolute Gasteiger partial charge is 0.379 e. The molecule has 0 spiro atoms. The van der Waals surface area contributed by atoms with E-state index in [9.17, 15) is 5.11 Å². The molecule has 5 nitrogen and oxygen atoms in total. The minimum absolute atomic E-state index is 0.528. The van der Waals surface area contributed by atoms with Crippen LogP contribution < -0.4 is 4.90 Å². The van der Waals surface area contributed by atoms with Crippen LogP contribution in [0.4, 0.5) is 5.00 Å². The molecule has 6 heteroatoms. The number of thiophene rings is 1. The summed E-state index contributed by atoms with van der Waals surface area (Å²) in [4.78, 5) is 14.5. The number of aliphatic imine (C=N–C) groups is 1. The van der Waals surface area contributed by atoms with Crippen molar-refractivity contribution in [3.8, 4) is 0 Å². The molecule has 1 aliphatic heterocycles. The first-order chi connectivity index (χ1) is 8.86. The fraction of sp³-hybridized carbons (Fsp3) is 0.250. The lowest BCUT2D eigenvalue weighted by Crippen LogP contribution is -2.31. The fourth-order valence-electron chi connectivity index (χ4n) is 1.93. The maximum absolute atomic E-state index is 10.3. The van der Waals surface area contributed by atoms with Gasteiger partial charge in [-0.2, -0.15) is 0 Å². The Morgan fingerprint density at radius 1 is 1.39 bits per heavy atom. The van der Waals surface area contributed by atoms with Crippen LogP contribution in [0.5, 0.6) is 0 Å². The van der Waals surface area contributed by atoms with Gasteiger partial charge in [0.1, 0.15) is 5.84 Å². The van der Waals surface area contributed by atoms with Gasteiger partial charge in [-0.05, 0) is 17.5 Å². The van der Waals surface area contributed by atoms with E-state index in [1.165, 1.54) is 0 Å². The Morgan fingerprint density at radius 2 is 2.33 bits per heavy atom. The van der Waals surface area contributed by atoms with Crippen molar-refractivity contribution in [3.63, 3.8) is 0 Å². The highest BCUT2D eigenvalue weighted by molar-refractivity contribution is 7.14. The van der Waals surface area contributed by atoms with Gasteiger partial charge in [-0.3, -0.25) is 15.0 Å². The van der Waals surface area contributed by atoms with Crippen LogP contribution >= 0.6 is 11.3 Å². The van der Waals surface area contributed by atoms with Gasteiger partial charge >= 0.3 is 0 Å². The molecule has 3 heterocycles. The number of amidine groups is 1. The Balaban J connectivity index is 1.88. The van der Waals surface area contributed by atoms with Crippen molar-refractivity contribution >= 4 is 22.2 Å². The van der Waals surface area contributed by atoms with E-state index in [0.29, 0.717) is 18.1 Å². The predicted molar refractivity (Wildman–Crippen MR) is 71.0 cm³/mol. The summed E-state index contributed by atoms with van der Waals surface area (Å²) in [6, 6.07) is 4.01. The summed E-state index contributed by atoms with van der Waals surface area (Å²) in [5, 5.41) is 13.4. The maximum atomic E-state index is 10.3. The summed E-state index contributed by atoms with van der Waals surface area (Å²) < 4.78 is 0. The van der Waals surface area contributed by atoms with Crippen LogP contribution in [0.2, 0.25) is 0 Å². The van der Waals surface area contributed by atoms with E-state index in [1.54, 1.807) is 29.9 Å². The second-order valence-corrected chi connectivity index (χ2v) is 4.80. The zero-order chi connectivity index (χ0) is 12.4. The first-order valence-corrected chi connectivity index (χ1v) is 6.53. The molecule has 2 aromatic heterocycles. The zero-order valence-corrected chi connectivity index (χ0v) is 10.4. The quantitative estimate of drug-likeness (QED) is 0.908. The van der Waals surface area contributed by atoms with Gasteiger partial charge in [0.05, 0.1) is 23.4 Å². The summed E-state index contributed by atoms with van der Waals surface area (Å²) in [5.41, 5.74) is 0.528. The van der Waals surface area contributed by atoms with E-state index < -0.39 is 6.10 Å². The van der Waals surface area contributed by atoms with Crippen LogP contribution in [0.3, 0.4) is 0 Å². The smallest absolute Gasteiger partial charge is 0.155 e. The minimum Gasteiger partial charge on any atom is -0.379 e. The van der Waals surface area contributed by atoms with E-state index in [0.717, 1.165) is 11.5 Å². The van der Waals surface area contributed by atoms with Gasteiger partial charge < -0.3 is 10.0 Å². The van der Waals surface area contributed by atoms with E-state index in [-0.39, 0.29) is 0 Å². The SMILES string of the molecule is OC(C1=NCCN1c1cccs1)c1cnccn1. The molecule has 1 atom stereocenters. The third-order valence-electron chi connectivity index (χ3n) is 2.75. The van der Waals surface area contributed by atoms with Crippen molar-refractivity contribution in [1.82, 2.24) is 9.97 Å². The Morgan fingerprint density at radius 3 is 3.06 bits per heavy atom. The Kier molecular flexibility index (Phi) is 3.04. The Bertz CT molecular complexity index is 540. The summed E-state index contributed by atoms with van der Waals surface area (Å²) in [5.74, 6) is 0.651. The number of rotatable bonds is 3. The Hall–Kier alpha value is -1.79. The Labute approximate surface area is 108 Å². The topological polar surface area (TPSA) is 61.6 Å². The lowest BCUT2D eigenvalue weighted by Gasteiger charge is -2.21. The van der Waals surface area contributed by atoms with E-state index in [4.69, 9.17) is 0 Å². The normalized spacial score (nSPS) is 16.7. The zero-order valence-electron chi connectivity index (χ0n) is 9.60. The van der Waals surface area contributed by atoms with Crippen LogP contribution in [0.25, 0.3) is 0 Å². The highest BCUT2D eigenvalue weighted by Crippen LogP contribution is 2.27. The highest BCUT2D eigenvalue weighted by atomic mass is 32.1. The molecule has 92 valence electrons. The van der Waals surface area contributed by atoms with E-state index >= 15 is 0 Å². The van der Waals surface area contributed by atoms with Gasteiger partial charge in [0.25, 0.3) is 0 Å². The average molecular weight is 260 g/mol. The van der Waals surface area contributed by atoms with Crippen LogP contribution in [0.15, 0.2) is 41.1 Å². The maximum Gasteiger partial charge on any atom is 0.155 e. The molecule has 0 saturated heterocycles. The number of hydrogen-bond acceptors (Lipinski definition) is 6. The third kappa shape index (κ3) is 2.00. The lowest BCUT2D eigenvalue weighted by atomic mass is 10.2. The van der Waals surface area contributed by atoms with Gasteiger partial charge in [-0.25, -0.2) is 0 Å². The molecule has 2 aromatic rings. The van der Waals surface area contributed by atoms with Crippen LogP contribution in [-0.2, 0) is 0 Å². The molecular weight excluding hydrogens is 248 g/mol. The second kappa shape index (κ2) is 4.83. The minimum atomic E-state index is -0.816. The average Bonchev–Trinajstić information content (AvgIpc) is 3.09. The molecule has 0 amide bonds. The van der Waals surface area contributed by atoms with Gasteiger partial charge in [-0.15, -0.1) is 11.3 Å². The number of aliphatic hydroxyl groups is 1. The molecular formula is C12H12N4OS. The van der Waals surface area contributed by atoms with Crippen LogP contribution in [-0.4, -0.2) is 34.0 Å². The standard InChI is InChI=1S/C12H12N4OS/c17-11(9-8-13-3-4-14-9)12-15-5-6-16(12)10-2-1-7-18-10/h1-4,7-8,11,17H,5-6H2. The molecule has 1 aliphatic rings. The monoisotopic (exact) mass is 260 g/mol. The van der Waals surface area contributed by atoms with Crippen molar-refractivity contribution in [2.75, 3.05) is 18.0 Å². The third-order valence-corrected chi connectivity index (χ3v) is 3.65. The van der Waals surface area contributed by atoms with Crippen LogP contribution in [0.1, 0.15) is 11.8 Å². The van der Waals surface area contributed by atoms with Gasteiger partial charge in [0, 0.05) is 18.9 Å². The number of anilines is 1. The number of nitrogens with zero attached hydrogens (tertiary/aromatic N) is 4. The van der Waals surface area contributed by atoms with Crippen molar-refractivity contribution in [2.45, 2.75) is 6.10 Å². The summed E-state index contributed by atoms with van der Waals surface area (Å²) in [6.45, 7) is 1.50. The molecule has 0 fully saturated rings. The molecule has 1 unspecified atom stereocenters. The molecule has 1 N–H and O–H groups in total. The van der Waals surface area contributed by atoms with Crippen molar-refractivity contribution < 1.29 is 5.11 Å². The highest BCUT2D eigenvalue weighted by Gasteiger charge is 2.27. The van der Waals surface area contributed by atoms with Gasteiger partial charge in [0.2, 0.25) is 0 Å². The van der Waals surface area contributed by atoms with E-state index in [2.05, 4.69) is 15.0 Å². The summed E-state index contributed by atoms with van der Waals surface area (Å²) >= 11 is 1.63. The number of aromatic nitrogens is 2. The van der Waals surface area contributed by atoms with Crippen molar-refractivity contribution in [3.05, 3.63) is 41.8 Å². The lowest BCUT2D eigenvalue weighted by molar-refractivity contribution is 0.240. The van der Waals surface area contributed by atoms with Gasteiger partial charge in [0.15, 0.2) is 6.10 Å². The molecule has 0 aromatic carbocycles. The molecule has 0 aliphatic carbocycles. The predicted octanol–water partition coefficient (Wildman–Crippen LogP) is 1.49. The first kappa shape index (κ1) is 11.3. The molecule has 0 bridgehead atoms. The second-order valence-electron chi connectivity index (χ2n) is 3.88. The first-order valence-electron chi connectivity index (χ1n) is 5.65. The molecule has 0 radical (unpaired) electrons. The number of hydrogen-bond donors (Lipinski definition) is 1. The fourth-order valence-corrected chi connectivity index (χ4v) is 2.69. The van der Waals surface area contributed by atoms with E-state index in [1.807, 2.05) is 22.4 Å². The molecule has 18 heavy (non-hydrogen) atoms. The van der Waals surface area contributed by atoms with Crippen molar-refractivity contribution in [2.24, 2.45) is 4.99 Å². The summed E-state index contributed by atoms with van der Waals surface area (Å²) in [6.07, 6.45) is 3.91. The molecule has 3 rings (SSSR count).